The number of benzene rings is 1. The van der Waals surface area contributed by atoms with Crippen molar-refractivity contribution in [3.05, 3.63) is 40.9 Å². The SMILES string of the molecule is NCCCc1csc(-c2ccc(F)c(F)c2)n1. The number of nitrogens with two attached hydrogens (primary N) is 1. The number of halogens is 2. The van der Waals surface area contributed by atoms with Crippen LogP contribution in [0.3, 0.4) is 0 Å². The van der Waals surface area contributed by atoms with Crippen molar-refractivity contribution in [3.63, 3.8) is 0 Å². The van der Waals surface area contributed by atoms with E-state index >= 15 is 0 Å². The van der Waals surface area contributed by atoms with Gasteiger partial charge in [0.05, 0.1) is 5.69 Å². The number of aromatic nitrogens is 1. The van der Waals surface area contributed by atoms with Crippen molar-refractivity contribution in [1.82, 2.24) is 4.98 Å². The molecule has 5 heteroatoms. The molecule has 2 rings (SSSR count). The molecule has 17 heavy (non-hydrogen) atoms. The lowest BCUT2D eigenvalue weighted by molar-refractivity contribution is 0.509. The van der Waals surface area contributed by atoms with Gasteiger partial charge in [-0.1, -0.05) is 0 Å². The Morgan fingerprint density at radius 1 is 1.24 bits per heavy atom. The third-order valence-corrected chi connectivity index (χ3v) is 3.30. The molecule has 2 aromatic rings. The number of hydrogen-bond acceptors (Lipinski definition) is 3. The van der Waals surface area contributed by atoms with Crippen LogP contribution in [0.4, 0.5) is 8.78 Å². The number of nitrogens with zero attached hydrogens (tertiary/aromatic N) is 1. The van der Waals surface area contributed by atoms with E-state index in [9.17, 15) is 8.78 Å². The molecule has 0 aliphatic carbocycles. The molecule has 0 saturated carbocycles. The van der Waals surface area contributed by atoms with E-state index in [1.807, 2.05) is 5.38 Å². The molecule has 1 aromatic heterocycles. The van der Waals surface area contributed by atoms with Gasteiger partial charge in [0.15, 0.2) is 11.6 Å². The van der Waals surface area contributed by atoms with Gasteiger partial charge in [-0.15, -0.1) is 11.3 Å². The van der Waals surface area contributed by atoms with Gasteiger partial charge < -0.3 is 5.73 Å². The summed E-state index contributed by atoms with van der Waals surface area (Å²) in [5, 5.41) is 2.63. The van der Waals surface area contributed by atoms with E-state index < -0.39 is 11.6 Å². The van der Waals surface area contributed by atoms with Crippen LogP contribution in [0, 0.1) is 11.6 Å². The van der Waals surface area contributed by atoms with Crippen molar-refractivity contribution in [2.75, 3.05) is 6.54 Å². The highest BCUT2D eigenvalue weighted by atomic mass is 32.1. The Kier molecular flexibility index (Phi) is 3.81. The van der Waals surface area contributed by atoms with Gasteiger partial charge in [0.1, 0.15) is 5.01 Å². The molecule has 0 radical (unpaired) electrons. The summed E-state index contributed by atoms with van der Waals surface area (Å²) < 4.78 is 25.8. The van der Waals surface area contributed by atoms with E-state index in [-0.39, 0.29) is 0 Å². The quantitative estimate of drug-likeness (QED) is 0.911. The van der Waals surface area contributed by atoms with Gasteiger partial charge in [0, 0.05) is 10.9 Å². The first-order valence-corrected chi connectivity index (χ1v) is 6.18. The van der Waals surface area contributed by atoms with Crippen LogP contribution in [0.5, 0.6) is 0 Å². The molecule has 0 saturated heterocycles. The second-order valence-corrected chi connectivity index (χ2v) is 4.52. The first-order valence-electron chi connectivity index (χ1n) is 5.30. The van der Waals surface area contributed by atoms with Gasteiger partial charge in [-0.25, -0.2) is 13.8 Å². The van der Waals surface area contributed by atoms with Crippen LogP contribution in [0.25, 0.3) is 10.6 Å². The molecule has 90 valence electrons. The van der Waals surface area contributed by atoms with Crippen LogP contribution in [0.2, 0.25) is 0 Å². The lowest BCUT2D eigenvalue weighted by Gasteiger charge is -1.97. The number of hydrogen-bond donors (Lipinski definition) is 1. The largest absolute Gasteiger partial charge is 0.330 e. The summed E-state index contributed by atoms with van der Waals surface area (Å²) >= 11 is 1.43. The van der Waals surface area contributed by atoms with Crippen molar-refractivity contribution in [2.45, 2.75) is 12.8 Å². The summed E-state index contributed by atoms with van der Waals surface area (Å²) in [4.78, 5) is 4.36. The molecule has 0 atom stereocenters. The zero-order chi connectivity index (χ0) is 12.3. The predicted octanol–water partition coefficient (Wildman–Crippen LogP) is 2.98. The van der Waals surface area contributed by atoms with Crippen molar-refractivity contribution < 1.29 is 8.78 Å². The standard InChI is InChI=1S/C12H12F2N2S/c13-10-4-3-8(6-11(10)14)12-16-9(7-17-12)2-1-5-15/h3-4,6-7H,1-2,5,15H2. The number of rotatable bonds is 4. The Labute approximate surface area is 102 Å². The smallest absolute Gasteiger partial charge is 0.159 e. The molecule has 2 nitrogen and oxygen atoms in total. The third-order valence-electron chi connectivity index (χ3n) is 2.36. The molecule has 1 heterocycles. The van der Waals surface area contributed by atoms with Gasteiger partial charge in [-0.3, -0.25) is 0 Å². The molecule has 0 aliphatic heterocycles. The van der Waals surface area contributed by atoms with Crippen LogP contribution in [0.15, 0.2) is 23.6 Å². The summed E-state index contributed by atoms with van der Waals surface area (Å²) in [7, 11) is 0. The fraction of sp³-hybridized carbons (Fsp3) is 0.250. The van der Waals surface area contributed by atoms with Crippen molar-refractivity contribution >= 4 is 11.3 Å². The van der Waals surface area contributed by atoms with Crippen LogP contribution in [-0.2, 0) is 6.42 Å². The topological polar surface area (TPSA) is 38.9 Å². The minimum Gasteiger partial charge on any atom is -0.330 e. The zero-order valence-corrected chi connectivity index (χ0v) is 9.94. The number of aryl methyl sites for hydroxylation is 1. The second kappa shape index (κ2) is 5.33. The molecule has 0 bridgehead atoms. The fourth-order valence-electron chi connectivity index (χ4n) is 1.47. The second-order valence-electron chi connectivity index (χ2n) is 3.67. The van der Waals surface area contributed by atoms with Crippen LogP contribution >= 0.6 is 11.3 Å². The summed E-state index contributed by atoms with van der Waals surface area (Å²) in [6, 6.07) is 3.82. The molecule has 0 unspecified atom stereocenters. The summed E-state index contributed by atoms with van der Waals surface area (Å²) in [6.45, 7) is 0.623. The predicted molar refractivity (Wildman–Crippen MR) is 64.8 cm³/mol. The lowest BCUT2D eigenvalue weighted by atomic mass is 10.2. The van der Waals surface area contributed by atoms with E-state index in [2.05, 4.69) is 4.98 Å². The summed E-state index contributed by atoms with van der Waals surface area (Å²) in [6.07, 6.45) is 1.69. The molecule has 1 aromatic carbocycles. The van der Waals surface area contributed by atoms with Crippen molar-refractivity contribution in [1.29, 1.82) is 0 Å². The summed E-state index contributed by atoms with van der Waals surface area (Å²) in [5.74, 6) is -1.69. The Bertz CT molecular complexity index is 511. The maximum absolute atomic E-state index is 13.1. The Morgan fingerprint density at radius 2 is 2.06 bits per heavy atom. The van der Waals surface area contributed by atoms with Gasteiger partial charge >= 0.3 is 0 Å². The molecular weight excluding hydrogens is 242 g/mol. The first-order chi connectivity index (χ1) is 8.20. The Hall–Kier alpha value is -1.33. The maximum Gasteiger partial charge on any atom is 0.159 e. The highest BCUT2D eigenvalue weighted by molar-refractivity contribution is 7.13. The van der Waals surface area contributed by atoms with E-state index in [0.29, 0.717) is 17.1 Å². The molecule has 2 N–H and O–H groups in total. The van der Waals surface area contributed by atoms with E-state index in [4.69, 9.17) is 5.73 Å². The highest BCUT2D eigenvalue weighted by Crippen LogP contribution is 2.25. The lowest BCUT2D eigenvalue weighted by Crippen LogP contribution is -2.00. The average Bonchev–Trinajstić information content (AvgIpc) is 2.79. The van der Waals surface area contributed by atoms with Crippen LogP contribution in [0.1, 0.15) is 12.1 Å². The van der Waals surface area contributed by atoms with Crippen molar-refractivity contribution in [3.8, 4) is 10.6 Å². The van der Waals surface area contributed by atoms with Crippen LogP contribution in [-0.4, -0.2) is 11.5 Å². The van der Waals surface area contributed by atoms with Crippen molar-refractivity contribution in [2.24, 2.45) is 5.73 Å². The van der Waals surface area contributed by atoms with Crippen LogP contribution < -0.4 is 5.73 Å². The maximum atomic E-state index is 13.1. The first kappa shape index (κ1) is 12.1. The normalized spacial score (nSPS) is 10.8. The third kappa shape index (κ3) is 2.87. The van der Waals surface area contributed by atoms with Gasteiger partial charge in [-0.2, -0.15) is 0 Å². The zero-order valence-electron chi connectivity index (χ0n) is 9.12. The Balaban J connectivity index is 2.21. The Morgan fingerprint density at radius 3 is 2.76 bits per heavy atom. The van der Waals surface area contributed by atoms with Gasteiger partial charge in [0.25, 0.3) is 0 Å². The molecule has 0 aliphatic rings. The molecule has 0 spiro atoms. The summed E-state index contributed by atoms with van der Waals surface area (Å²) in [5.41, 5.74) is 6.96. The monoisotopic (exact) mass is 254 g/mol. The molecular formula is C12H12F2N2S. The van der Waals surface area contributed by atoms with E-state index in [1.54, 1.807) is 0 Å². The van der Waals surface area contributed by atoms with E-state index in [1.165, 1.54) is 23.5 Å². The van der Waals surface area contributed by atoms with E-state index in [0.717, 1.165) is 24.6 Å². The highest BCUT2D eigenvalue weighted by Gasteiger charge is 2.08. The fourth-order valence-corrected chi connectivity index (χ4v) is 2.32. The number of thiazole rings is 1. The average molecular weight is 254 g/mol. The minimum atomic E-state index is -0.846. The van der Waals surface area contributed by atoms with Gasteiger partial charge in [-0.05, 0) is 37.6 Å². The van der Waals surface area contributed by atoms with Gasteiger partial charge in [0.2, 0.25) is 0 Å². The molecule has 0 amide bonds. The molecule has 0 fully saturated rings. The minimum absolute atomic E-state index is 0.605.